The Bertz CT molecular complexity index is 352. The van der Waals surface area contributed by atoms with Gasteiger partial charge >= 0.3 is 0 Å². The molecule has 1 fully saturated rings. The highest BCUT2D eigenvalue weighted by molar-refractivity contribution is 7.13. The van der Waals surface area contributed by atoms with Crippen LogP contribution in [0.2, 0.25) is 0 Å². The monoisotopic (exact) mass is 239 g/mol. The number of hydrogen-bond acceptors (Lipinski definition) is 4. The van der Waals surface area contributed by atoms with Gasteiger partial charge < -0.3 is 5.32 Å². The maximum atomic E-state index is 12.3. The molecule has 1 aliphatic heterocycles. The third-order valence-corrected chi connectivity index (χ3v) is 3.84. The van der Waals surface area contributed by atoms with E-state index in [2.05, 4.69) is 17.2 Å². The maximum Gasteiger partial charge on any atom is 0.245 e. The number of anilines is 1. The van der Waals surface area contributed by atoms with Gasteiger partial charge in [0, 0.05) is 18.1 Å². The Labute approximate surface area is 99.7 Å². The largest absolute Gasteiger partial charge is 0.309 e. The first-order valence-corrected chi connectivity index (χ1v) is 6.48. The van der Waals surface area contributed by atoms with E-state index in [1.165, 1.54) is 11.3 Å². The summed E-state index contributed by atoms with van der Waals surface area (Å²) in [6.07, 6.45) is 3.71. The molecule has 0 spiro atoms. The number of aromatic nitrogens is 1. The Hall–Kier alpha value is -0.940. The predicted molar refractivity (Wildman–Crippen MR) is 65.7 cm³/mol. The summed E-state index contributed by atoms with van der Waals surface area (Å²) in [5.74, 6) is 0.730. The lowest BCUT2D eigenvalue weighted by molar-refractivity contribution is -0.120. The van der Waals surface area contributed by atoms with E-state index in [9.17, 15) is 4.79 Å². The second-order valence-corrected chi connectivity index (χ2v) is 5.15. The minimum atomic E-state index is -0.0681. The summed E-state index contributed by atoms with van der Waals surface area (Å²) in [5.41, 5.74) is 0. The van der Waals surface area contributed by atoms with Crippen molar-refractivity contribution in [2.45, 2.75) is 25.8 Å². The molecule has 1 aliphatic rings. The summed E-state index contributed by atoms with van der Waals surface area (Å²) in [7, 11) is 1.85. The van der Waals surface area contributed by atoms with Crippen LogP contribution in [0.5, 0.6) is 0 Å². The quantitative estimate of drug-likeness (QED) is 0.850. The average molecular weight is 239 g/mol. The van der Waals surface area contributed by atoms with Crippen LogP contribution < -0.4 is 10.2 Å². The smallest absolute Gasteiger partial charge is 0.245 e. The number of nitrogens with zero attached hydrogens (tertiary/aromatic N) is 2. The summed E-state index contributed by atoms with van der Waals surface area (Å²) in [6.45, 7) is 2.98. The molecule has 0 aromatic carbocycles. The molecular formula is C11H17N3OS. The zero-order valence-corrected chi connectivity index (χ0v) is 10.5. The van der Waals surface area contributed by atoms with Gasteiger partial charge in [0.2, 0.25) is 5.91 Å². The molecule has 0 radical (unpaired) electrons. The molecule has 1 N–H and O–H groups in total. The van der Waals surface area contributed by atoms with E-state index in [4.69, 9.17) is 0 Å². The van der Waals surface area contributed by atoms with Crippen LogP contribution in [0.25, 0.3) is 0 Å². The van der Waals surface area contributed by atoms with Gasteiger partial charge in [-0.2, -0.15) is 0 Å². The van der Waals surface area contributed by atoms with Crippen LogP contribution in [0.15, 0.2) is 11.6 Å². The van der Waals surface area contributed by atoms with Gasteiger partial charge in [-0.1, -0.05) is 6.92 Å². The van der Waals surface area contributed by atoms with Gasteiger partial charge in [0.25, 0.3) is 0 Å². The number of likely N-dealkylation sites (N-methyl/N-ethyl adjacent to an activating group) is 1. The minimum Gasteiger partial charge on any atom is -0.309 e. The highest BCUT2D eigenvalue weighted by Gasteiger charge is 2.30. The zero-order valence-electron chi connectivity index (χ0n) is 9.64. The standard InChI is InChI=1S/C11H17N3OS/c1-8-3-5-14(11-13-4-6-16-11)10(15)9(7-8)12-2/h4,6,8-9,12H,3,5,7H2,1-2H3. The molecular weight excluding hydrogens is 222 g/mol. The zero-order chi connectivity index (χ0) is 11.5. The van der Waals surface area contributed by atoms with Crippen molar-refractivity contribution in [3.05, 3.63) is 11.6 Å². The Kier molecular flexibility index (Phi) is 3.56. The fourth-order valence-electron chi connectivity index (χ4n) is 2.05. The average Bonchev–Trinajstić information content (AvgIpc) is 2.75. The molecule has 2 heterocycles. The van der Waals surface area contributed by atoms with Crippen molar-refractivity contribution in [1.82, 2.24) is 10.3 Å². The first kappa shape index (κ1) is 11.5. The molecule has 2 unspecified atom stereocenters. The molecule has 0 saturated carbocycles. The summed E-state index contributed by atoms with van der Waals surface area (Å²) in [4.78, 5) is 18.3. The molecule has 1 aromatic rings. The lowest BCUT2D eigenvalue weighted by atomic mass is 10.0. The van der Waals surface area contributed by atoms with Crippen molar-refractivity contribution in [3.8, 4) is 0 Å². The van der Waals surface area contributed by atoms with Crippen LogP contribution >= 0.6 is 11.3 Å². The summed E-state index contributed by atoms with van der Waals surface area (Å²) in [5, 5.41) is 5.83. The Morgan fingerprint density at radius 1 is 1.62 bits per heavy atom. The van der Waals surface area contributed by atoms with Gasteiger partial charge in [0.05, 0.1) is 6.04 Å². The van der Waals surface area contributed by atoms with Crippen LogP contribution in [0.4, 0.5) is 5.13 Å². The lowest BCUT2D eigenvalue weighted by Gasteiger charge is -2.21. The van der Waals surface area contributed by atoms with Crippen molar-refractivity contribution >= 4 is 22.4 Å². The normalized spacial score (nSPS) is 26.9. The van der Waals surface area contributed by atoms with Crippen LogP contribution in [0, 0.1) is 5.92 Å². The van der Waals surface area contributed by atoms with Crippen LogP contribution in [-0.4, -0.2) is 30.5 Å². The second-order valence-electron chi connectivity index (χ2n) is 4.28. The molecule has 88 valence electrons. The van der Waals surface area contributed by atoms with Gasteiger partial charge in [-0.25, -0.2) is 4.98 Å². The van der Waals surface area contributed by atoms with Crippen LogP contribution in [0.3, 0.4) is 0 Å². The number of thiazole rings is 1. The maximum absolute atomic E-state index is 12.3. The predicted octanol–water partition coefficient (Wildman–Crippen LogP) is 1.49. The van der Waals surface area contributed by atoms with Gasteiger partial charge in [-0.3, -0.25) is 9.69 Å². The SMILES string of the molecule is CNC1CC(C)CCN(c2nccs2)C1=O. The fraction of sp³-hybridized carbons (Fsp3) is 0.636. The lowest BCUT2D eigenvalue weighted by Crippen LogP contribution is -2.44. The van der Waals surface area contributed by atoms with E-state index in [-0.39, 0.29) is 11.9 Å². The molecule has 2 rings (SSSR count). The number of carbonyl (C=O) groups is 1. The third kappa shape index (κ3) is 2.25. The van der Waals surface area contributed by atoms with Crippen molar-refractivity contribution in [2.75, 3.05) is 18.5 Å². The van der Waals surface area contributed by atoms with Crippen molar-refractivity contribution in [2.24, 2.45) is 5.92 Å². The number of nitrogens with one attached hydrogen (secondary N) is 1. The minimum absolute atomic E-state index is 0.0681. The number of hydrogen-bond donors (Lipinski definition) is 1. The van der Waals surface area contributed by atoms with E-state index in [1.807, 2.05) is 17.3 Å². The topological polar surface area (TPSA) is 45.2 Å². The van der Waals surface area contributed by atoms with Gasteiger partial charge in [-0.05, 0) is 25.8 Å². The second kappa shape index (κ2) is 4.93. The van der Waals surface area contributed by atoms with E-state index in [1.54, 1.807) is 6.20 Å². The van der Waals surface area contributed by atoms with E-state index in [0.29, 0.717) is 5.92 Å². The molecule has 1 saturated heterocycles. The van der Waals surface area contributed by atoms with Crippen molar-refractivity contribution < 1.29 is 4.79 Å². The molecule has 2 atom stereocenters. The number of amides is 1. The van der Waals surface area contributed by atoms with Gasteiger partial charge in [-0.15, -0.1) is 11.3 Å². The van der Waals surface area contributed by atoms with Gasteiger partial charge in [0.15, 0.2) is 5.13 Å². The Morgan fingerprint density at radius 3 is 3.06 bits per heavy atom. The summed E-state index contributed by atoms with van der Waals surface area (Å²) >= 11 is 1.52. The first-order valence-electron chi connectivity index (χ1n) is 5.60. The van der Waals surface area contributed by atoms with E-state index in [0.717, 1.165) is 24.5 Å². The van der Waals surface area contributed by atoms with E-state index < -0.39 is 0 Å². The highest BCUT2D eigenvalue weighted by atomic mass is 32.1. The number of rotatable bonds is 2. The first-order chi connectivity index (χ1) is 7.72. The Balaban J connectivity index is 2.21. The third-order valence-electron chi connectivity index (χ3n) is 3.05. The molecule has 1 aromatic heterocycles. The molecule has 0 aliphatic carbocycles. The van der Waals surface area contributed by atoms with Gasteiger partial charge in [0.1, 0.15) is 0 Å². The molecule has 1 amide bonds. The molecule has 4 nitrogen and oxygen atoms in total. The molecule has 16 heavy (non-hydrogen) atoms. The summed E-state index contributed by atoms with van der Waals surface area (Å²) in [6, 6.07) is -0.0681. The van der Waals surface area contributed by atoms with E-state index >= 15 is 0 Å². The van der Waals surface area contributed by atoms with Crippen molar-refractivity contribution in [1.29, 1.82) is 0 Å². The molecule has 0 bridgehead atoms. The number of carbonyl (C=O) groups excluding carboxylic acids is 1. The van der Waals surface area contributed by atoms with Crippen LogP contribution in [0.1, 0.15) is 19.8 Å². The van der Waals surface area contributed by atoms with Crippen molar-refractivity contribution in [3.63, 3.8) is 0 Å². The highest BCUT2D eigenvalue weighted by Crippen LogP contribution is 2.24. The summed E-state index contributed by atoms with van der Waals surface area (Å²) < 4.78 is 0. The fourth-order valence-corrected chi connectivity index (χ4v) is 2.72. The Morgan fingerprint density at radius 2 is 2.44 bits per heavy atom. The van der Waals surface area contributed by atoms with Crippen LogP contribution in [-0.2, 0) is 4.79 Å². The molecule has 5 heteroatoms.